The first-order chi connectivity index (χ1) is 13.9. The Kier molecular flexibility index (Phi) is 5.49. The number of hydrogen-bond donors (Lipinski definition) is 3. The van der Waals surface area contributed by atoms with Crippen LogP contribution in [-0.2, 0) is 11.0 Å². The van der Waals surface area contributed by atoms with E-state index < -0.39 is 17.5 Å². The van der Waals surface area contributed by atoms with Gasteiger partial charge in [-0.3, -0.25) is 9.79 Å². The molecule has 9 heteroatoms. The quantitative estimate of drug-likeness (QED) is 0.657. The molecular weight excluding hydrogens is 397 g/mol. The Hall–Kier alpha value is -3.10. The van der Waals surface area contributed by atoms with Crippen LogP contribution < -0.4 is 11.1 Å². The molecule has 0 radical (unpaired) electrons. The van der Waals surface area contributed by atoms with E-state index in [0.717, 1.165) is 6.07 Å². The lowest BCUT2D eigenvalue weighted by atomic mass is 9.89. The van der Waals surface area contributed by atoms with Gasteiger partial charge in [-0.2, -0.15) is 13.2 Å². The second kappa shape index (κ2) is 7.62. The van der Waals surface area contributed by atoms with Gasteiger partial charge in [0.2, 0.25) is 5.91 Å². The number of pyridine rings is 1. The Morgan fingerprint density at radius 2 is 2.07 bits per heavy atom. The molecule has 30 heavy (non-hydrogen) atoms. The van der Waals surface area contributed by atoms with Crippen LogP contribution in [0.2, 0.25) is 0 Å². The first-order valence-corrected chi connectivity index (χ1v) is 9.37. The molecule has 160 valence electrons. The average Bonchev–Trinajstić information content (AvgIpc) is 2.87. The van der Waals surface area contributed by atoms with E-state index in [1.807, 2.05) is 13.8 Å². The number of nitrogens with zero attached hydrogens (tertiary/aromatic N) is 2. The second-order valence-electron chi connectivity index (χ2n) is 8.02. The third-order valence-corrected chi connectivity index (χ3v) is 5.33. The Morgan fingerprint density at radius 3 is 2.60 bits per heavy atom. The molecule has 0 bridgehead atoms. The van der Waals surface area contributed by atoms with Crippen LogP contribution in [0.25, 0.3) is 11.3 Å². The summed E-state index contributed by atoms with van der Waals surface area (Å²) in [6.07, 6.45) is -2.59. The zero-order chi connectivity index (χ0) is 22.3. The number of phenols is 1. The van der Waals surface area contributed by atoms with Gasteiger partial charge in [0.15, 0.2) is 0 Å². The minimum Gasteiger partial charge on any atom is -0.507 e. The minimum absolute atomic E-state index is 0.00236. The number of anilines is 1. The number of alkyl halides is 3. The fourth-order valence-electron chi connectivity index (χ4n) is 3.56. The van der Waals surface area contributed by atoms with Crippen molar-refractivity contribution < 1.29 is 23.1 Å². The summed E-state index contributed by atoms with van der Waals surface area (Å²) in [5.74, 6) is -0.329. The zero-order valence-corrected chi connectivity index (χ0v) is 16.8. The number of carbonyl (C=O) groups is 1. The Morgan fingerprint density at radius 1 is 1.37 bits per heavy atom. The van der Waals surface area contributed by atoms with Crippen LogP contribution in [0.3, 0.4) is 0 Å². The molecule has 1 aromatic carbocycles. The van der Waals surface area contributed by atoms with E-state index in [-0.39, 0.29) is 40.0 Å². The van der Waals surface area contributed by atoms with E-state index in [1.165, 1.54) is 6.92 Å². The summed E-state index contributed by atoms with van der Waals surface area (Å²) in [5.41, 5.74) is 5.96. The van der Waals surface area contributed by atoms with E-state index >= 15 is 0 Å². The summed E-state index contributed by atoms with van der Waals surface area (Å²) in [5, 5.41) is 13.1. The molecule has 1 atom stereocenters. The number of benzene rings is 1. The van der Waals surface area contributed by atoms with Crippen molar-refractivity contribution >= 4 is 17.9 Å². The largest absolute Gasteiger partial charge is 0.507 e. The van der Waals surface area contributed by atoms with Gasteiger partial charge in [-0.25, -0.2) is 4.98 Å². The number of nitrogens with one attached hydrogen (secondary N) is 1. The van der Waals surface area contributed by atoms with Crippen molar-refractivity contribution in [2.75, 3.05) is 12.3 Å². The lowest BCUT2D eigenvalue weighted by Crippen LogP contribution is -2.40. The van der Waals surface area contributed by atoms with Gasteiger partial charge >= 0.3 is 6.18 Å². The number of aryl methyl sites for hydroxylation is 1. The first-order valence-electron chi connectivity index (χ1n) is 9.37. The first kappa shape index (κ1) is 21.6. The molecule has 1 unspecified atom stereocenters. The van der Waals surface area contributed by atoms with Crippen molar-refractivity contribution in [1.82, 2.24) is 10.3 Å². The molecule has 1 saturated heterocycles. The molecule has 1 aliphatic heterocycles. The van der Waals surface area contributed by atoms with Crippen LogP contribution in [0.1, 0.15) is 37.0 Å². The monoisotopic (exact) mass is 420 g/mol. The van der Waals surface area contributed by atoms with Gasteiger partial charge in [-0.1, -0.05) is 0 Å². The fraction of sp³-hybridized carbons (Fsp3) is 0.381. The third-order valence-electron chi connectivity index (χ3n) is 5.33. The molecule has 1 fully saturated rings. The predicted octanol–water partition coefficient (Wildman–Crippen LogP) is 3.70. The third kappa shape index (κ3) is 4.39. The lowest BCUT2D eigenvalue weighted by Gasteiger charge is -2.24. The van der Waals surface area contributed by atoms with Gasteiger partial charge in [0.1, 0.15) is 11.6 Å². The van der Waals surface area contributed by atoms with E-state index in [2.05, 4.69) is 15.3 Å². The normalized spacial score (nSPS) is 18.7. The molecule has 1 aliphatic rings. The fourth-order valence-corrected chi connectivity index (χ4v) is 3.56. The Labute approximate surface area is 172 Å². The molecule has 2 heterocycles. The molecule has 0 saturated carbocycles. The molecular formula is C21H23F3N4O2. The Balaban J connectivity index is 1.82. The minimum atomic E-state index is -4.55. The molecule has 2 aromatic rings. The van der Waals surface area contributed by atoms with Crippen LogP contribution in [0.5, 0.6) is 5.75 Å². The summed E-state index contributed by atoms with van der Waals surface area (Å²) in [6.45, 7) is 5.80. The van der Waals surface area contributed by atoms with Crippen molar-refractivity contribution in [1.29, 1.82) is 0 Å². The van der Waals surface area contributed by atoms with Gasteiger partial charge in [0.05, 0.1) is 11.3 Å². The van der Waals surface area contributed by atoms with Crippen molar-refractivity contribution in [3.05, 3.63) is 41.0 Å². The maximum Gasteiger partial charge on any atom is 0.416 e. The molecule has 0 spiro atoms. The molecule has 1 amide bonds. The van der Waals surface area contributed by atoms with Gasteiger partial charge in [0.25, 0.3) is 0 Å². The van der Waals surface area contributed by atoms with E-state index in [1.54, 1.807) is 18.3 Å². The standard InChI is InChI=1S/C21H23F3N4O2/c1-11-6-13(21(22,23)24)7-16(29)18(11)15-5-4-12(19(25)27-15)9-26-10-14-8-17(30)28-20(14,2)3/h4-7,9,14,29H,8,10H2,1-3H3,(H2,25,27)(H,28,30). The number of halogens is 3. The number of aliphatic imine (C=N–C) groups is 1. The van der Waals surface area contributed by atoms with E-state index in [4.69, 9.17) is 5.73 Å². The van der Waals surface area contributed by atoms with Crippen molar-refractivity contribution in [3.8, 4) is 17.0 Å². The van der Waals surface area contributed by atoms with Crippen molar-refractivity contribution in [3.63, 3.8) is 0 Å². The number of rotatable bonds is 4. The molecule has 3 rings (SSSR count). The highest BCUT2D eigenvalue weighted by molar-refractivity contribution is 5.87. The second-order valence-corrected chi connectivity index (χ2v) is 8.02. The summed E-state index contributed by atoms with van der Waals surface area (Å²) in [7, 11) is 0. The number of carbonyl (C=O) groups excluding carboxylic acids is 1. The highest BCUT2D eigenvalue weighted by Gasteiger charge is 2.38. The van der Waals surface area contributed by atoms with E-state index in [0.29, 0.717) is 24.6 Å². The SMILES string of the molecule is Cc1cc(C(F)(F)F)cc(O)c1-c1ccc(C=NCC2CC(=O)NC2(C)C)c(N)n1. The van der Waals surface area contributed by atoms with Crippen LogP contribution in [0.4, 0.5) is 19.0 Å². The summed E-state index contributed by atoms with van der Waals surface area (Å²) < 4.78 is 38.7. The maximum absolute atomic E-state index is 12.9. The number of nitrogen functional groups attached to an aromatic ring is 1. The predicted molar refractivity (Wildman–Crippen MR) is 108 cm³/mol. The van der Waals surface area contributed by atoms with Crippen LogP contribution >= 0.6 is 0 Å². The number of aromatic nitrogens is 1. The van der Waals surface area contributed by atoms with Crippen molar-refractivity contribution in [2.24, 2.45) is 10.9 Å². The maximum atomic E-state index is 12.9. The smallest absolute Gasteiger partial charge is 0.416 e. The topological polar surface area (TPSA) is 101 Å². The zero-order valence-electron chi connectivity index (χ0n) is 16.8. The van der Waals surface area contributed by atoms with Gasteiger partial charge in [0, 0.05) is 41.8 Å². The molecule has 1 aromatic heterocycles. The highest BCUT2D eigenvalue weighted by atomic mass is 19.4. The van der Waals surface area contributed by atoms with Gasteiger partial charge in [-0.05, 0) is 50.6 Å². The number of nitrogens with two attached hydrogens (primary N) is 1. The summed E-state index contributed by atoms with van der Waals surface area (Å²) >= 11 is 0. The number of aromatic hydroxyl groups is 1. The molecule has 4 N–H and O–H groups in total. The average molecular weight is 420 g/mol. The highest BCUT2D eigenvalue weighted by Crippen LogP contribution is 2.38. The number of hydrogen-bond acceptors (Lipinski definition) is 5. The van der Waals surface area contributed by atoms with E-state index in [9.17, 15) is 23.1 Å². The van der Waals surface area contributed by atoms with Crippen molar-refractivity contribution in [2.45, 2.75) is 38.9 Å². The summed E-state index contributed by atoms with van der Waals surface area (Å²) in [4.78, 5) is 20.2. The number of phenolic OH excluding ortho intramolecular Hbond substituents is 1. The Bertz CT molecular complexity index is 993. The molecule has 0 aliphatic carbocycles. The van der Waals surface area contributed by atoms with Gasteiger partial charge < -0.3 is 16.2 Å². The van der Waals surface area contributed by atoms with Crippen LogP contribution in [0.15, 0.2) is 29.3 Å². The van der Waals surface area contributed by atoms with Crippen LogP contribution in [0, 0.1) is 12.8 Å². The van der Waals surface area contributed by atoms with Crippen LogP contribution in [-0.4, -0.2) is 34.3 Å². The lowest BCUT2D eigenvalue weighted by molar-refractivity contribution is -0.137. The summed E-state index contributed by atoms with van der Waals surface area (Å²) in [6, 6.07) is 4.84. The number of amides is 1. The molecule has 6 nitrogen and oxygen atoms in total. The van der Waals surface area contributed by atoms with Gasteiger partial charge in [-0.15, -0.1) is 0 Å².